The van der Waals surface area contributed by atoms with Crippen LogP contribution in [-0.4, -0.2) is 31.9 Å². The fourth-order valence-electron chi connectivity index (χ4n) is 1.18. The summed E-state index contributed by atoms with van der Waals surface area (Å²) in [6.45, 7) is 0. The van der Waals surface area contributed by atoms with E-state index < -0.39 is 0 Å². The van der Waals surface area contributed by atoms with E-state index in [4.69, 9.17) is 0 Å². The average molecular weight is 274 g/mol. The first-order valence-corrected chi connectivity index (χ1v) is 6.88. The number of carbonyl (C=O) groups excluding carboxylic acids is 2. The van der Waals surface area contributed by atoms with Crippen LogP contribution in [0, 0.1) is 0 Å². The van der Waals surface area contributed by atoms with Gasteiger partial charge in [-0.1, -0.05) is 6.07 Å². The molecule has 1 aromatic rings. The van der Waals surface area contributed by atoms with Crippen molar-refractivity contribution >= 4 is 35.0 Å². The molecule has 0 spiro atoms. The third-order valence-electron chi connectivity index (χ3n) is 2.07. The highest BCUT2D eigenvalue weighted by Gasteiger charge is 2.19. The van der Waals surface area contributed by atoms with Crippen LogP contribution in [0.3, 0.4) is 0 Å². The summed E-state index contributed by atoms with van der Waals surface area (Å²) < 4.78 is 9.22. The molecule has 94 valence electrons. The van der Waals surface area contributed by atoms with Crippen LogP contribution < -0.4 is 0 Å². The molecule has 1 heterocycles. The van der Waals surface area contributed by atoms with Gasteiger partial charge in [0.15, 0.2) is 0 Å². The minimum absolute atomic E-state index is 0.0541. The SMILES string of the molecule is COC(=O)CS[C@H](CC(=O)OC)c1cccs1. The molecule has 0 saturated heterocycles. The standard InChI is InChI=1S/C11H14O4S2/c1-14-10(12)6-9(8-4-3-5-16-8)17-7-11(13)15-2/h3-5,9H,6-7H2,1-2H3/t9-/m1/s1. The Balaban J connectivity index is 2.60. The van der Waals surface area contributed by atoms with Crippen molar-refractivity contribution in [2.45, 2.75) is 11.7 Å². The van der Waals surface area contributed by atoms with Gasteiger partial charge in [0.2, 0.25) is 0 Å². The van der Waals surface area contributed by atoms with Crippen molar-refractivity contribution in [3.63, 3.8) is 0 Å². The van der Waals surface area contributed by atoms with E-state index in [0.29, 0.717) is 0 Å². The van der Waals surface area contributed by atoms with E-state index in [1.807, 2.05) is 17.5 Å². The second-order valence-corrected chi connectivity index (χ2v) is 5.34. The summed E-state index contributed by atoms with van der Waals surface area (Å²) >= 11 is 2.95. The Hall–Kier alpha value is -1.01. The van der Waals surface area contributed by atoms with Crippen LogP contribution in [0.4, 0.5) is 0 Å². The van der Waals surface area contributed by atoms with Crippen molar-refractivity contribution in [3.8, 4) is 0 Å². The van der Waals surface area contributed by atoms with Gasteiger partial charge in [-0.3, -0.25) is 9.59 Å². The highest BCUT2D eigenvalue weighted by atomic mass is 32.2. The third kappa shape index (κ3) is 4.79. The lowest BCUT2D eigenvalue weighted by molar-refractivity contribution is -0.141. The summed E-state index contributed by atoms with van der Waals surface area (Å²) in [5, 5.41) is 1.89. The lowest BCUT2D eigenvalue weighted by Gasteiger charge is -2.12. The zero-order valence-electron chi connectivity index (χ0n) is 9.67. The fourth-order valence-corrected chi connectivity index (χ4v) is 3.21. The van der Waals surface area contributed by atoms with E-state index in [9.17, 15) is 9.59 Å². The molecule has 0 aliphatic rings. The smallest absolute Gasteiger partial charge is 0.315 e. The van der Waals surface area contributed by atoms with Gasteiger partial charge in [0, 0.05) is 4.88 Å². The number of thiophene rings is 1. The van der Waals surface area contributed by atoms with Gasteiger partial charge in [-0.2, -0.15) is 0 Å². The van der Waals surface area contributed by atoms with Gasteiger partial charge in [-0.05, 0) is 11.4 Å². The molecular formula is C11H14O4S2. The third-order valence-corrected chi connectivity index (χ3v) is 4.43. The van der Waals surface area contributed by atoms with Gasteiger partial charge >= 0.3 is 11.9 Å². The summed E-state index contributed by atoms with van der Waals surface area (Å²) in [4.78, 5) is 23.4. The summed E-state index contributed by atoms with van der Waals surface area (Å²) in [5.41, 5.74) is 0. The number of ether oxygens (including phenoxy) is 2. The summed E-state index contributed by atoms with van der Waals surface area (Å²) in [5.74, 6) is -0.335. The van der Waals surface area contributed by atoms with E-state index in [1.54, 1.807) is 11.3 Å². The van der Waals surface area contributed by atoms with Crippen LogP contribution in [0.5, 0.6) is 0 Å². The van der Waals surface area contributed by atoms with Crippen molar-refractivity contribution < 1.29 is 19.1 Å². The molecule has 0 fully saturated rings. The van der Waals surface area contributed by atoms with E-state index in [2.05, 4.69) is 9.47 Å². The Morgan fingerprint density at radius 1 is 1.35 bits per heavy atom. The second-order valence-electron chi connectivity index (χ2n) is 3.17. The fraction of sp³-hybridized carbons (Fsp3) is 0.455. The molecule has 1 aromatic heterocycles. The van der Waals surface area contributed by atoms with Gasteiger partial charge in [0.05, 0.1) is 31.6 Å². The van der Waals surface area contributed by atoms with E-state index in [-0.39, 0.29) is 29.4 Å². The number of thioether (sulfide) groups is 1. The number of rotatable bonds is 6. The van der Waals surface area contributed by atoms with Gasteiger partial charge in [-0.25, -0.2) is 0 Å². The van der Waals surface area contributed by atoms with Crippen LogP contribution in [0.1, 0.15) is 16.5 Å². The van der Waals surface area contributed by atoms with Gasteiger partial charge in [0.25, 0.3) is 0 Å². The van der Waals surface area contributed by atoms with Crippen LogP contribution in [0.2, 0.25) is 0 Å². The van der Waals surface area contributed by atoms with Crippen LogP contribution in [0.15, 0.2) is 17.5 Å². The van der Waals surface area contributed by atoms with E-state index in [0.717, 1.165) is 4.88 Å². The number of carbonyl (C=O) groups is 2. The molecule has 0 N–H and O–H groups in total. The lowest BCUT2D eigenvalue weighted by atomic mass is 10.2. The van der Waals surface area contributed by atoms with Crippen molar-refractivity contribution in [3.05, 3.63) is 22.4 Å². The molecule has 0 bridgehead atoms. The molecule has 0 amide bonds. The van der Waals surface area contributed by atoms with Crippen LogP contribution in [0.25, 0.3) is 0 Å². The Morgan fingerprint density at radius 3 is 2.59 bits per heavy atom. The minimum atomic E-state index is -0.290. The summed E-state index contributed by atoms with van der Waals surface area (Å²) in [6, 6.07) is 3.87. The van der Waals surface area contributed by atoms with Gasteiger partial charge in [-0.15, -0.1) is 23.1 Å². The number of hydrogen-bond acceptors (Lipinski definition) is 6. The first-order chi connectivity index (χ1) is 8.17. The number of esters is 2. The minimum Gasteiger partial charge on any atom is -0.469 e. The van der Waals surface area contributed by atoms with Crippen molar-refractivity contribution in [1.29, 1.82) is 0 Å². The predicted octanol–water partition coefficient (Wildman–Crippen LogP) is 2.26. The zero-order chi connectivity index (χ0) is 12.7. The molecule has 0 aromatic carbocycles. The summed E-state index contributed by atoms with van der Waals surface area (Å²) in [6.07, 6.45) is 0.263. The first-order valence-electron chi connectivity index (χ1n) is 4.96. The molecule has 0 radical (unpaired) electrons. The molecule has 1 atom stereocenters. The molecule has 0 unspecified atom stereocenters. The Morgan fingerprint density at radius 2 is 2.06 bits per heavy atom. The quantitative estimate of drug-likeness (QED) is 0.745. The molecule has 17 heavy (non-hydrogen) atoms. The Bertz CT molecular complexity index is 362. The molecule has 4 nitrogen and oxygen atoms in total. The van der Waals surface area contributed by atoms with Crippen LogP contribution in [-0.2, 0) is 19.1 Å². The molecule has 0 saturated carbocycles. The highest BCUT2D eigenvalue weighted by molar-refractivity contribution is 8.00. The monoisotopic (exact) mass is 274 g/mol. The van der Waals surface area contributed by atoms with Crippen molar-refractivity contribution in [1.82, 2.24) is 0 Å². The first kappa shape index (κ1) is 14.1. The maximum Gasteiger partial charge on any atom is 0.315 e. The molecule has 6 heteroatoms. The molecule has 0 aliphatic heterocycles. The molecule has 1 rings (SSSR count). The number of methoxy groups -OCH3 is 2. The van der Waals surface area contributed by atoms with E-state index >= 15 is 0 Å². The summed E-state index contributed by atoms with van der Waals surface area (Å²) in [7, 11) is 2.71. The number of hydrogen-bond donors (Lipinski definition) is 0. The largest absolute Gasteiger partial charge is 0.469 e. The predicted molar refractivity (Wildman–Crippen MR) is 68.2 cm³/mol. The molecular weight excluding hydrogens is 260 g/mol. The average Bonchev–Trinajstić information content (AvgIpc) is 2.87. The lowest BCUT2D eigenvalue weighted by Crippen LogP contribution is -2.09. The second kappa shape index (κ2) is 7.34. The normalized spacial score (nSPS) is 11.9. The Kier molecular flexibility index (Phi) is 6.07. The van der Waals surface area contributed by atoms with Crippen molar-refractivity contribution in [2.24, 2.45) is 0 Å². The van der Waals surface area contributed by atoms with Gasteiger partial charge in [0.1, 0.15) is 0 Å². The topological polar surface area (TPSA) is 52.6 Å². The Labute approximate surface area is 108 Å². The maximum atomic E-state index is 11.3. The van der Waals surface area contributed by atoms with E-state index in [1.165, 1.54) is 26.0 Å². The highest BCUT2D eigenvalue weighted by Crippen LogP contribution is 2.35. The van der Waals surface area contributed by atoms with Crippen molar-refractivity contribution in [2.75, 3.05) is 20.0 Å². The maximum absolute atomic E-state index is 11.3. The zero-order valence-corrected chi connectivity index (χ0v) is 11.3. The van der Waals surface area contributed by atoms with Gasteiger partial charge < -0.3 is 9.47 Å². The molecule has 0 aliphatic carbocycles. The van der Waals surface area contributed by atoms with Crippen LogP contribution >= 0.6 is 23.1 Å².